The van der Waals surface area contributed by atoms with Crippen molar-refractivity contribution in [3.63, 3.8) is 0 Å². The quantitative estimate of drug-likeness (QED) is 0.799. The Balaban J connectivity index is 1.49. The van der Waals surface area contributed by atoms with Crippen LogP contribution in [0.2, 0.25) is 0 Å². The van der Waals surface area contributed by atoms with Gasteiger partial charge in [0.1, 0.15) is 16.8 Å². The second kappa shape index (κ2) is 6.39. The van der Waals surface area contributed by atoms with Gasteiger partial charge in [-0.3, -0.25) is 4.79 Å². The highest BCUT2D eigenvalue weighted by molar-refractivity contribution is 5.97. The van der Waals surface area contributed by atoms with Crippen LogP contribution in [-0.4, -0.2) is 46.4 Å². The van der Waals surface area contributed by atoms with E-state index in [4.69, 9.17) is 4.74 Å². The molecule has 0 spiro atoms. The standard InChI is InChI=1S/C19H18N4O2/c1-25-16-5-2-13(3-6-16)14-8-10-23(11-9-14)19(24)15-4-7-17-18(12-15)21-22-20-17/h2-8,12H,9-11H2,1H3,(H,20,21,22). The third-order valence-corrected chi connectivity index (χ3v) is 4.52. The molecule has 2 aromatic carbocycles. The van der Waals surface area contributed by atoms with Crippen molar-refractivity contribution in [3.8, 4) is 5.75 Å². The molecule has 0 unspecified atom stereocenters. The third-order valence-electron chi connectivity index (χ3n) is 4.52. The molecule has 0 fully saturated rings. The molecule has 0 aliphatic carbocycles. The number of hydrogen-bond acceptors (Lipinski definition) is 4. The Morgan fingerprint density at radius 2 is 1.92 bits per heavy atom. The van der Waals surface area contributed by atoms with E-state index in [1.807, 2.05) is 23.1 Å². The molecular weight excluding hydrogens is 316 g/mol. The molecule has 1 aliphatic heterocycles. The summed E-state index contributed by atoms with van der Waals surface area (Å²) in [6.45, 7) is 1.31. The lowest BCUT2D eigenvalue weighted by Gasteiger charge is -2.26. The van der Waals surface area contributed by atoms with Gasteiger partial charge < -0.3 is 9.64 Å². The Morgan fingerprint density at radius 1 is 1.12 bits per heavy atom. The van der Waals surface area contributed by atoms with Crippen LogP contribution in [0.5, 0.6) is 5.75 Å². The van der Waals surface area contributed by atoms with E-state index < -0.39 is 0 Å². The number of hydrogen-bond donors (Lipinski definition) is 1. The summed E-state index contributed by atoms with van der Waals surface area (Å²) in [4.78, 5) is 14.6. The fraction of sp³-hybridized carbons (Fsp3) is 0.211. The molecule has 1 amide bonds. The normalized spacial score (nSPS) is 14.4. The molecule has 1 aromatic heterocycles. The molecule has 2 heterocycles. The first-order chi connectivity index (χ1) is 12.2. The SMILES string of the molecule is COc1ccc(C2=CCN(C(=O)c3ccc4n[nH]nc4c3)CC2)cc1. The maximum absolute atomic E-state index is 12.7. The van der Waals surface area contributed by atoms with E-state index in [0.717, 1.165) is 17.7 Å². The maximum atomic E-state index is 12.7. The Hall–Kier alpha value is -3.15. The first-order valence-electron chi connectivity index (χ1n) is 8.18. The highest BCUT2D eigenvalue weighted by Gasteiger charge is 2.20. The summed E-state index contributed by atoms with van der Waals surface area (Å²) in [6.07, 6.45) is 2.96. The average Bonchev–Trinajstić information content (AvgIpc) is 3.15. The number of amides is 1. The molecule has 3 aromatic rings. The predicted octanol–water partition coefficient (Wildman–Crippen LogP) is 2.90. The minimum Gasteiger partial charge on any atom is -0.497 e. The van der Waals surface area contributed by atoms with Crippen LogP contribution in [0, 0.1) is 0 Å². The summed E-state index contributed by atoms with van der Waals surface area (Å²) >= 11 is 0. The molecule has 1 N–H and O–H groups in total. The molecule has 0 saturated heterocycles. The van der Waals surface area contributed by atoms with E-state index in [9.17, 15) is 4.79 Å². The maximum Gasteiger partial charge on any atom is 0.254 e. The zero-order valence-corrected chi connectivity index (χ0v) is 13.9. The summed E-state index contributed by atoms with van der Waals surface area (Å²) in [5.74, 6) is 0.871. The Bertz CT molecular complexity index is 943. The summed E-state index contributed by atoms with van der Waals surface area (Å²) in [7, 11) is 1.66. The van der Waals surface area contributed by atoms with Crippen LogP contribution in [0.4, 0.5) is 0 Å². The van der Waals surface area contributed by atoms with Gasteiger partial charge >= 0.3 is 0 Å². The van der Waals surface area contributed by atoms with Gasteiger partial charge in [-0.2, -0.15) is 15.4 Å². The molecule has 1 aliphatic rings. The van der Waals surface area contributed by atoms with Crippen LogP contribution in [0.1, 0.15) is 22.3 Å². The highest BCUT2D eigenvalue weighted by atomic mass is 16.5. The largest absolute Gasteiger partial charge is 0.497 e. The first kappa shape index (κ1) is 15.4. The molecule has 0 saturated carbocycles. The Morgan fingerprint density at radius 3 is 2.64 bits per heavy atom. The molecule has 126 valence electrons. The highest BCUT2D eigenvalue weighted by Crippen LogP contribution is 2.25. The lowest BCUT2D eigenvalue weighted by atomic mass is 9.99. The number of H-pyrrole nitrogens is 1. The van der Waals surface area contributed by atoms with Gasteiger partial charge in [0.05, 0.1) is 7.11 Å². The second-order valence-electron chi connectivity index (χ2n) is 5.99. The van der Waals surface area contributed by atoms with Gasteiger partial charge in [-0.1, -0.05) is 18.2 Å². The molecule has 4 rings (SSSR count). The van der Waals surface area contributed by atoms with Crippen molar-refractivity contribution in [1.82, 2.24) is 20.3 Å². The fourth-order valence-corrected chi connectivity index (χ4v) is 3.08. The van der Waals surface area contributed by atoms with Crippen molar-refractivity contribution >= 4 is 22.5 Å². The van der Waals surface area contributed by atoms with Gasteiger partial charge in [-0.25, -0.2) is 0 Å². The van der Waals surface area contributed by atoms with E-state index >= 15 is 0 Å². The Kier molecular flexibility index (Phi) is 3.93. The average molecular weight is 334 g/mol. The van der Waals surface area contributed by atoms with E-state index in [2.05, 4.69) is 33.6 Å². The summed E-state index contributed by atoms with van der Waals surface area (Å²) in [6, 6.07) is 13.4. The van der Waals surface area contributed by atoms with E-state index in [-0.39, 0.29) is 5.91 Å². The van der Waals surface area contributed by atoms with Crippen molar-refractivity contribution in [2.75, 3.05) is 20.2 Å². The van der Waals surface area contributed by atoms with Crippen LogP contribution in [0.15, 0.2) is 48.5 Å². The molecule has 6 heteroatoms. The van der Waals surface area contributed by atoms with Crippen LogP contribution < -0.4 is 4.74 Å². The topological polar surface area (TPSA) is 71.1 Å². The van der Waals surface area contributed by atoms with Crippen molar-refractivity contribution in [2.45, 2.75) is 6.42 Å². The summed E-state index contributed by atoms with van der Waals surface area (Å²) in [5.41, 5.74) is 4.55. The van der Waals surface area contributed by atoms with Crippen molar-refractivity contribution in [3.05, 3.63) is 59.7 Å². The predicted molar refractivity (Wildman–Crippen MR) is 95.4 cm³/mol. The molecule has 6 nitrogen and oxygen atoms in total. The summed E-state index contributed by atoms with van der Waals surface area (Å²) in [5, 5.41) is 10.6. The van der Waals surface area contributed by atoms with Crippen molar-refractivity contribution in [1.29, 1.82) is 0 Å². The zero-order chi connectivity index (χ0) is 17.2. The van der Waals surface area contributed by atoms with Crippen LogP contribution in [0.3, 0.4) is 0 Å². The fourth-order valence-electron chi connectivity index (χ4n) is 3.08. The lowest BCUT2D eigenvalue weighted by Crippen LogP contribution is -2.34. The molecule has 0 bridgehead atoms. The smallest absolute Gasteiger partial charge is 0.254 e. The van der Waals surface area contributed by atoms with Gasteiger partial charge in [0.25, 0.3) is 5.91 Å². The number of carbonyl (C=O) groups is 1. The number of benzene rings is 2. The number of aromatic nitrogens is 3. The van der Waals surface area contributed by atoms with Crippen LogP contribution >= 0.6 is 0 Å². The lowest BCUT2D eigenvalue weighted by molar-refractivity contribution is 0.0773. The number of aromatic amines is 1. The second-order valence-corrected chi connectivity index (χ2v) is 5.99. The van der Waals surface area contributed by atoms with Gasteiger partial charge in [0, 0.05) is 18.7 Å². The number of ether oxygens (including phenoxy) is 1. The monoisotopic (exact) mass is 334 g/mol. The number of nitrogens with one attached hydrogen (secondary N) is 1. The van der Waals surface area contributed by atoms with E-state index in [0.29, 0.717) is 24.2 Å². The van der Waals surface area contributed by atoms with Crippen molar-refractivity contribution < 1.29 is 9.53 Å². The number of nitrogens with zero attached hydrogens (tertiary/aromatic N) is 3. The minimum atomic E-state index is 0.0231. The number of fused-ring (bicyclic) bond motifs is 1. The van der Waals surface area contributed by atoms with Crippen LogP contribution in [0.25, 0.3) is 16.6 Å². The van der Waals surface area contributed by atoms with Gasteiger partial charge in [0.2, 0.25) is 0 Å². The zero-order valence-electron chi connectivity index (χ0n) is 13.9. The number of rotatable bonds is 3. The van der Waals surface area contributed by atoms with E-state index in [1.54, 1.807) is 19.2 Å². The minimum absolute atomic E-state index is 0.0231. The van der Waals surface area contributed by atoms with E-state index in [1.165, 1.54) is 11.1 Å². The van der Waals surface area contributed by atoms with Gasteiger partial charge in [0.15, 0.2) is 0 Å². The first-order valence-corrected chi connectivity index (χ1v) is 8.18. The number of carbonyl (C=O) groups excluding carboxylic acids is 1. The third kappa shape index (κ3) is 2.98. The van der Waals surface area contributed by atoms with Crippen molar-refractivity contribution in [2.24, 2.45) is 0 Å². The molecule has 25 heavy (non-hydrogen) atoms. The Labute approximate surface area is 145 Å². The van der Waals surface area contributed by atoms with Crippen LogP contribution in [-0.2, 0) is 0 Å². The van der Waals surface area contributed by atoms with Gasteiger partial charge in [-0.15, -0.1) is 0 Å². The summed E-state index contributed by atoms with van der Waals surface area (Å²) < 4.78 is 5.19. The number of methoxy groups -OCH3 is 1. The molecule has 0 atom stereocenters. The molecular formula is C19H18N4O2. The van der Waals surface area contributed by atoms with Gasteiger partial charge in [-0.05, 0) is 47.9 Å². The molecule has 0 radical (unpaired) electrons.